The zero-order valence-electron chi connectivity index (χ0n) is 76.3. The number of aromatic nitrogens is 20. The summed E-state index contributed by atoms with van der Waals surface area (Å²) in [5, 5.41) is 53.9. The number of nitrogens with one attached hydrogen (secondary N) is 2. The zero-order chi connectivity index (χ0) is 89.4. The predicted molar refractivity (Wildman–Crippen MR) is 505 cm³/mol. The van der Waals surface area contributed by atoms with E-state index in [1.165, 1.54) is 95.5 Å². The van der Waals surface area contributed by atoms with Gasteiger partial charge >= 0.3 is 7.12 Å². The topological polar surface area (TPSA) is 343 Å². The summed E-state index contributed by atoms with van der Waals surface area (Å²) in [6.07, 6.45) is 48.8. The molecule has 13 heterocycles. The SMILES string of the molecule is CC1(C)OB(c2cn[nH]c2)OC1(C)C.C[Si](C)(C)CCOCn1ccc2c(-c3cn[nH]c3)ncnc21.C[Si](C)(C)CCOCn1ccc2c(-c3cnn(C(CC#N)C4CCCC4)c3)ncnc21.C[Si](C)(C)CCOCn1ccc2c(-c3cnn([C@H](CC#N)C4CCCC4)c3)ncnc21.C[Si](C)(C)CCOCn1ccc2c(Cl)ncnc21.N#CC=CC1CCCC1. The number of fused-ring (bicyclic) bond motifs is 4. The minimum absolute atomic E-state index is 0.142. The lowest BCUT2D eigenvalue weighted by molar-refractivity contribution is 0.00578. The average molecular weight is 1790 g/mol. The quantitative estimate of drug-likeness (QED) is 0.0176. The molecular weight excluding hydrogens is 1660 g/mol. The molecule has 3 aliphatic carbocycles. The van der Waals surface area contributed by atoms with Crippen molar-refractivity contribution in [3.63, 3.8) is 0 Å². The maximum absolute atomic E-state index is 9.34. The minimum atomic E-state index is -1.10. The van der Waals surface area contributed by atoms with E-state index in [4.69, 9.17) is 45.1 Å². The van der Waals surface area contributed by atoms with E-state index < -0.39 is 32.3 Å². The summed E-state index contributed by atoms with van der Waals surface area (Å²) in [7, 11) is -4.58. The highest BCUT2D eigenvalue weighted by Crippen LogP contribution is 2.41. The number of H-pyrrole nitrogens is 2. The predicted octanol–water partition coefficient (Wildman–Crippen LogP) is 20.0. The number of allylic oxidation sites excluding steroid dienone is 2. The van der Waals surface area contributed by atoms with Gasteiger partial charge in [-0.2, -0.15) is 36.2 Å². The van der Waals surface area contributed by atoms with E-state index in [-0.39, 0.29) is 30.4 Å². The second kappa shape index (κ2) is 44.8. The van der Waals surface area contributed by atoms with E-state index in [1.807, 2.05) is 148 Å². The molecule has 4 aliphatic rings. The first-order valence-corrected chi connectivity index (χ1v) is 59.4. The summed E-state index contributed by atoms with van der Waals surface area (Å²) < 4.78 is 47.0. The third-order valence-electron chi connectivity index (χ3n) is 23.7. The van der Waals surface area contributed by atoms with Crippen LogP contribution in [0.4, 0.5) is 0 Å². The number of hydrogen-bond donors (Lipinski definition) is 2. The smallest absolute Gasteiger partial charge is 0.399 e. The van der Waals surface area contributed by atoms with Gasteiger partial charge in [0.05, 0.1) is 95.4 Å². The largest absolute Gasteiger partial charge is 0.498 e. The van der Waals surface area contributed by atoms with Gasteiger partial charge in [0.1, 0.15) is 80.0 Å². The monoisotopic (exact) mass is 1790 g/mol. The molecule has 16 rings (SSSR count). The Kier molecular flexibility index (Phi) is 34.4. The molecule has 12 aromatic rings. The number of nitrogens with zero attached hydrogens (tertiary/aromatic N) is 21. The fraction of sp³-hybridized carbons (Fsp3) is 0.544. The molecule has 0 aromatic carbocycles. The van der Waals surface area contributed by atoms with Crippen molar-refractivity contribution < 1.29 is 28.3 Å². The van der Waals surface area contributed by atoms with Crippen LogP contribution in [0.3, 0.4) is 0 Å². The molecule has 0 amide bonds. The molecule has 2 N–H and O–H groups in total. The molecule has 0 radical (unpaired) electrons. The van der Waals surface area contributed by atoms with Gasteiger partial charge in [0.15, 0.2) is 0 Å². The van der Waals surface area contributed by atoms with Crippen molar-refractivity contribution in [2.75, 3.05) is 26.4 Å². The molecule has 4 fully saturated rings. The first-order chi connectivity index (χ1) is 59.8. The summed E-state index contributed by atoms with van der Waals surface area (Å²) in [6.45, 7) is 41.5. The first kappa shape index (κ1) is 96.2. The van der Waals surface area contributed by atoms with Crippen LogP contribution in [0, 0.1) is 51.7 Å². The van der Waals surface area contributed by atoms with E-state index in [9.17, 15) is 10.5 Å². The molecule has 0 spiro atoms. The normalized spacial score (nSPS) is 16.1. The Morgan fingerprint density at radius 2 is 0.824 bits per heavy atom. The lowest BCUT2D eigenvalue weighted by atomic mass is 9.82. The summed E-state index contributed by atoms with van der Waals surface area (Å²) in [4.78, 5) is 35.1. The van der Waals surface area contributed by atoms with Gasteiger partial charge in [0.2, 0.25) is 0 Å². The Morgan fingerprint density at radius 1 is 0.472 bits per heavy atom. The lowest BCUT2D eigenvalue weighted by Gasteiger charge is -2.32. The third kappa shape index (κ3) is 27.8. The van der Waals surface area contributed by atoms with Crippen molar-refractivity contribution in [1.82, 2.24) is 98.1 Å². The Balaban J connectivity index is 0.000000152. The van der Waals surface area contributed by atoms with Crippen LogP contribution in [0.1, 0.15) is 130 Å². The maximum Gasteiger partial charge on any atom is 0.498 e. The van der Waals surface area contributed by atoms with Crippen LogP contribution in [0.25, 0.3) is 77.9 Å². The van der Waals surface area contributed by atoms with Crippen LogP contribution in [-0.4, -0.2) is 175 Å². The Morgan fingerprint density at radius 3 is 1.18 bits per heavy atom. The fourth-order valence-corrected chi connectivity index (χ4v) is 18.7. The minimum Gasteiger partial charge on any atom is -0.399 e. The van der Waals surface area contributed by atoms with Crippen LogP contribution in [0.5, 0.6) is 0 Å². The molecule has 0 bridgehead atoms. The highest BCUT2D eigenvalue weighted by molar-refractivity contribution is 6.77. The molecule has 2 atom stereocenters. The van der Waals surface area contributed by atoms with Crippen LogP contribution in [-0.2, 0) is 55.2 Å². The highest BCUT2D eigenvalue weighted by Gasteiger charge is 2.52. The molecule has 29 nitrogen and oxygen atoms in total. The van der Waals surface area contributed by atoms with Crippen LogP contribution in [0.15, 0.2) is 136 Å². The van der Waals surface area contributed by atoms with E-state index >= 15 is 0 Å². The third-order valence-corrected chi connectivity index (χ3v) is 30.8. The number of hydrogen-bond acceptors (Lipinski definition) is 21. The van der Waals surface area contributed by atoms with Crippen LogP contribution in [0.2, 0.25) is 108 Å². The number of aromatic amines is 2. The average Bonchev–Trinajstić information content (AvgIpc) is 1.63. The van der Waals surface area contributed by atoms with Gasteiger partial charge in [-0.15, -0.1) is 0 Å². The van der Waals surface area contributed by atoms with E-state index in [2.05, 4.69) is 161 Å². The van der Waals surface area contributed by atoms with Gasteiger partial charge < -0.3 is 46.5 Å². The molecule has 35 heteroatoms. The fourth-order valence-electron chi connectivity index (χ4n) is 15.4. The second-order valence-electron chi connectivity index (χ2n) is 38.8. The van der Waals surface area contributed by atoms with Crippen molar-refractivity contribution in [3.05, 3.63) is 141 Å². The van der Waals surface area contributed by atoms with Crippen LogP contribution < -0.4 is 5.46 Å². The molecule has 3 saturated carbocycles. The molecular formula is C90H129BClN23O6Si4. The van der Waals surface area contributed by atoms with Crippen molar-refractivity contribution in [2.45, 2.75) is 271 Å². The maximum atomic E-state index is 9.34. The van der Waals surface area contributed by atoms with Gasteiger partial charge in [0.25, 0.3) is 0 Å². The summed E-state index contributed by atoms with van der Waals surface area (Å²) in [6, 6.07) is 19.7. The Bertz CT molecular complexity index is 5300. The van der Waals surface area contributed by atoms with Gasteiger partial charge in [-0.25, -0.2) is 39.9 Å². The molecule has 12 aromatic heterocycles. The number of nitriles is 3. The van der Waals surface area contributed by atoms with E-state index in [0.717, 1.165) is 122 Å². The van der Waals surface area contributed by atoms with Gasteiger partial charge in [-0.1, -0.05) is 135 Å². The van der Waals surface area contributed by atoms with Gasteiger partial charge in [-0.05, 0) is 132 Å². The molecule has 125 heavy (non-hydrogen) atoms. The van der Waals surface area contributed by atoms with Gasteiger partial charge in [-0.3, -0.25) is 19.6 Å². The zero-order valence-corrected chi connectivity index (χ0v) is 81.0. The lowest BCUT2D eigenvalue weighted by Crippen LogP contribution is -2.41. The Hall–Kier alpha value is -9.49. The number of halogens is 1. The summed E-state index contributed by atoms with van der Waals surface area (Å²) in [5.74, 6) is 1.78. The standard InChI is InChI=1S/2C23H32N6OSi.C15H21N5OSi.C12H18ClN3OSi.C9H15BN2O2.C8H11N/c2*1-31(2,3)13-12-30-17-28-11-9-20-22(25-16-26-23(20)28)19-14-27-29(15-19)21(8-10-24)18-6-4-5-7-18;1-22(2,3)7-6-21-11-20-5-4-13-14(12-8-18-19-9-12)16-10-17-15(13)20;1-18(2,3)7-6-17-9-16-5-4-10-11(13)14-8-15-12(10)16;1-8(2)9(3,4)14-10(13-8)7-5-11-12-6-7;9-7-3-6-8-4-1-2-5-8/h2*9,11,14-16,18,21H,4-8,12-13,17H2,1-3H3;4-5,8-10H,6-7,11H2,1-3H3,(H,18,19);4-5,8H,6-7,9H2,1-3H3;5-6H,1-4H3,(H,11,12);3,6,8H,1-2,4-5H2/t21-;;;;;/m1...../s1. The molecule has 1 aliphatic heterocycles. The van der Waals surface area contributed by atoms with Crippen molar-refractivity contribution >= 4 is 101 Å². The molecule has 666 valence electrons. The van der Waals surface area contributed by atoms with Crippen molar-refractivity contribution in [3.8, 4) is 52.0 Å². The summed E-state index contributed by atoms with van der Waals surface area (Å²) >= 11 is 5.99. The van der Waals surface area contributed by atoms with Crippen molar-refractivity contribution in [2.24, 2.45) is 17.8 Å². The molecule has 1 unspecified atom stereocenters. The second-order valence-corrected chi connectivity index (χ2v) is 61.7. The van der Waals surface area contributed by atoms with Crippen molar-refractivity contribution in [1.29, 1.82) is 15.8 Å². The number of ether oxygens (including phenoxy) is 4. The molecule has 1 saturated heterocycles. The first-order valence-electron chi connectivity index (χ1n) is 44.2. The Labute approximate surface area is 746 Å². The van der Waals surface area contributed by atoms with Gasteiger partial charge in [0, 0.05) is 159 Å². The van der Waals surface area contributed by atoms with E-state index in [1.54, 1.807) is 43.6 Å². The van der Waals surface area contributed by atoms with Crippen LogP contribution >= 0.6 is 11.6 Å². The van der Waals surface area contributed by atoms with E-state index in [0.29, 0.717) is 62.7 Å². The number of rotatable bonds is 31. The summed E-state index contributed by atoms with van der Waals surface area (Å²) in [5.41, 5.74) is 9.35. The highest BCUT2D eigenvalue weighted by atomic mass is 35.5.